The first-order chi connectivity index (χ1) is 9.38. The predicted molar refractivity (Wildman–Crippen MR) is 76.7 cm³/mol. The van der Waals surface area contributed by atoms with Gasteiger partial charge in [-0.1, -0.05) is 25.1 Å². The van der Waals surface area contributed by atoms with Crippen LogP contribution in [0.15, 0.2) is 42.7 Å². The first-order valence-corrected chi connectivity index (χ1v) is 6.47. The van der Waals surface area contributed by atoms with Gasteiger partial charge in [0, 0.05) is 28.9 Å². The van der Waals surface area contributed by atoms with Crippen LogP contribution in [0.5, 0.6) is 0 Å². The number of hydrogen-bond acceptors (Lipinski definition) is 3. The van der Waals surface area contributed by atoms with Gasteiger partial charge in [-0.25, -0.2) is 9.97 Å². The Bertz CT molecular complexity index is 687. The third kappa shape index (κ3) is 2.35. The van der Waals surface area contributed by atoms with Gasteiger partial charge in [-0.05, 0) is 18.7 Å². The average molecular weight is 252 g/mol. The van der Waals surface area contributed by atoms with Crippen molar-refractivity contribution >= 4 is 10.9 Å². The Morgan fingerprint density at radius 1 is 1.21 bits per heavy atom. The van der Waals surface area contributed by atoms with E-state index in [1.54, 1.807) is 0 Å². The van der Waals surface area contributed by atoms with E-state index in [4.69, 9.17) is 0 Å². The minimum atomic E-state index is 0.701. The number of aromatic amines is 1. The quantitative estimate of drug-likeness (QED) is 0.750. The van der Waals surface area contributed by atoms with Crippen LogP contribution in [-0.4, -0.2) is 21.5 Å². The van der Waals surface area contributed by atoms with Crippen molar-refractivity contribution in [1.82, 2.24) is 20.3 Å². The summed E-state index contributed by atoms with van der Waals surface area (Å²) in [6.45, 7) is 3.69. The summed E-state index contributed by atoms with van der Waals surface area (Å²) in [4.78, 5) is 12.2. The van der Waals surface area contributed by atoms with E-state index in [0.717, 1.165) is 29.1 Å². The number of para-hydroxylation sites is 1. The van der Waals surface area contributed by atoms with Gasteiger partial charge in [0.25, 0.3) is 0 Å². The number of aromatic nitrogens is 3. The smallest absolute Gasteiger partial charge is 0.142 e. The molecular formula is C15H16N4. The Morgan fingerprint density at radius 2 is 2.11 bits per heavy atom. The van der Waals surface area contributed by atoms with Crippen LogP contribution in [0.4, 0.5) is 0 Å². The first kappa shape index (κ1) is 11.9. The molecule has 0 saturated heterocycles. The fraction of sp³-hybridized carbons (Fsp3) is 0.200. The fourth-order valence-corrected chi connectivity index (χ4v) is 2.15. The number of nitrogens with one attached hydrogen (secondary N) is 2. The molecule has 0 bridgehead atoms. The molecule has 0 fully saturated rings. The molecule has 0 aliphatic carbocycles. The first-order valence-electron chi connectivity index (χ1n) is 6.47. The van der Waals surface area contributed by atoms with Crippen molar-refractivity contribution in [2.24, 2.45) is 0 Å². The predicted octanol–water partition coefficient (Wildman–Crippen LogP) is 2.73. The van der Waals surface area contributed by atoms with Gasteiger partial charge in [0.15, 0.2) is 0 Å². The highest BCUT2D eigenvalue weighted by Crippen LogP contribution is 2.26. The summed E-state index contributed by atoms with van der Waals surface area (Å²) in [5.74, 6) is 0.824. The summed E-state index contributed by atoms with van der Waals surface area (Å²) in [6, 6.07) is 10.2. The SMILES string of the molecule is CCNCc1nccc(-c2c[nH]c3ccccc23)n1. The molecule has 19 heavy (non-hydrogen) atoms. The van der Waals surface area contributed by atoms with Crippen molar-refractivity contribution in [3.05, 3.63) is 48.5 Å². The highest BCUT2D eigenvalue weighted by atomic mass is 15.0. The molecule has 0 amide bonds. The maximum atomic E-state index is 4.61. The van der Waals surface area contributed by atoms with Crippen LogP contribution in [0.1, 0.15) is 12.7 Å². The van der Waals surface area contributed by atoms with Crippen LogP contribution in [0.25, 0.3) is 22.2 Å². The summed E-state index contributed by atoms with van der Waals surface area (Å²) in [5.41, 5.74) is 3.21. The molecule has 0 atom stereocenters. The van der Waals surface area contributed by atoms with Gasteiger partial charge in [-0.15, -0.1) is 0 Å². The molecule has 2 N–H and O–H groups in total. The Kier molecular flexibility index (Phi) is 3.25. The Morgan fingerprint density at radius 3 is 3.00 bits per heavy atom. The molecule has 2 heterocycles. The highest BCUT2D eigenvalue weighted by molar-refractivity contribution is 5.94. The van der Waals surface area contributed by atoms with Crippen molar-refractivity contribution in [2.75, 3.05) is 6.54 Å². The van der Waals surface area contributed by atoms with Crippen LogP contribution in [0.2, 0.25) is 0 Å². The fourth-order valence-electron chi connectivity index (χ4n) is 2.15. The van der Waals surface area contributed by atoms with E-state index in [1.165, 1.54) is 5.39 Å². The molecule has 0 radical (unpaired) electrons. The second kappa shape index (κ2) is 5.20. The molecule has 3 aromatic rings. The van der Waals surface area contributed by atoms with Crippen molar-refractivity contribution in [3.8, 4) is 11.3 Å². The van der Waals surface area contributed by atoms with Gasteiger partial charge in [0.05, 0.1) is 12.2 Å². The lowest BCUT2D eigenvalue weighted by Gasteiger charge is -2.03. The Balaban J connectivity index is 2.01. The van der Waals surface area contributed by atoms with Crippen LogP contribution < -0.4 is 5.32 Å². The van der Waals surface area contributed by atoms with E-state index >= 15 is 0 Å². The van der Waals surface area contributed by atoms with Crippen molar-refractivity contribution < 1.29 is 0 Å². The maximum absolute atomic E-state index is 4.61. The topological polar surface area (TPSA) is 53.6 Å². The summed E-state index contributed by atoms with van der Waals surface area (Å²) in [6.07, 6.45) is 3.82. The number of hydrogen-bond donors (Lipinski definition) is 2. The van der Waals surface area contributed by atoms with Gasteiger partial charge in [-0.3, -0.25) is 0 Å². The standard InChI is InChI=1S/C15H16N4/c1-2-16-10-15-17-8-7-14(19-15)12-9-18-13-6-4-3-5-11(12)13/h3-9,16,18H,2,10H2,1H3. The molecule has 0 aliphatic rings. The van der Waals surface area contributed by atoms with Crippen molar-refractivity contribution in [2.45, 2.75) is 13.5 Å². The lowest BCUT2D eigenvalue weighted by atomic mass is 10.1. The molecule has 4 nitrogen and oxygen atoms in total. The maximum Gasteiger partial charge on any atom is 0.142 e. The average Bonchev–Trinajstić information content (AvgIpc) is 2.89. The number of nitrogens with zero attached hydrogens (tertiary/aromatic N) is 2. The van der Waals surface area contributed by atoms with Gasteiger partial charge in [0.1, 0.15) is 5.82 Å². The zero-order chi connectivity index (χ0) is 13.1. The largest absolute Gasteiger partial charge is 0.360 e. The molecular weight excluding hydrogens is 236 g/mol. The minimum Gasteiger partial charge on any atom is -0.360 e. The van der Waals surface area contributed by atoms with E-state index < -0.39 is 0 Å². The summed E-state index contributed by atoms with van der Waals surface area (Å²) < 4.78 is 0. The molecule has 1 aromatic carbocycles. The van der Waals surface area contributed by atoms with Gasteiger partial charge < -0.3 is 10.3 Å². The van der Waals surface area contributed by atoms with Gasteiger partial charge >= 0.3 is 0 Å². The lowest BCUT2D eigenvalue weighted by Crippen LogP contribution is -2.14. The summed E-state index contributed by atoms with van der Waals surface area (Å²) >= 11 is 0. The molecule has 0 unspecified atom stereocenters. The van der Waals surface area contributed by atoms with Crippen LogP contribution in [0.3, 0.4) is 0 Å². The van der Waals surface area contributed by atoms with Crippen LogP contribution in [0, 0.1) is 0 Å². The third-order valence-electron chi connectivity index (χ3n) is 3.10. The zero-order valence-electron chi connectivity index (χ0n) is 10.9. The normalized spacial score (nSPS) is 11.0. The molecule has 2 aromatic heterocycles. The van der Waals surface area contributed by atoms with Crippen LogP contribution >= 0.6 is 0 Å². The summed E-state index contributed by atoms with van der Waals surface area (Å²) in [5, 5.41) is 4.43. The molecule has 0 spiro atoms. The molecule has 0 saturated carbocycles. The summed E-state index contributed by atoms with van der Waals surface area (Å²) in [7, 11) is 0. The van der Waals surface area contributed by atoms with Crippen molar-refractivity contribution in [3.63, 3.8) is 0 Å². The monoisotopic (exact) mass is 252 g/mol. The minimum absolute atomic E-state index is 0.701. The van der Waals surface area contributed by atoms with Gasteiger partial charge in [-0.2, -0.15) is 0 Å². The van der Waals surface area contributed by atoms with Crippen molar-refractivity contribution in [1.29, 1.82) is 0 Å². The Labute approximate surface area is 111 Å². The third-order valence-corrected chi connectivity index (χ3v) is 3.10. The van der Waals surface area contributed by atoms with E-state index in [0.29, 0.717) is 6.54 Å². The Hall–Kier alpha value is -2.20. The van der Waals surface area contributed by atoms with E-state index in [-0.39, 0.29) is 0 Å². The zero-order valence-corrected chi connectivity index (χ0v) is 10.9. The second-order valence-corrected chi connectivity index (χ2v) is 4.39. The van der Waals surface area contributed by atoms with E-state index in [9.17, 15) is 0 Å². The molecule has 96 valence electrons. The van der Waals surface area contributed by atoms with Gasteiger partial charge in [0.2, 0.25) is 0 Å². The van der Waals surface area contributed by atoms with Crippen LogP contribution in [-0.2, 0) is 6.54 Å². The van der Waals surface area contributed by atoms with E-state index in [2.05, 4.69) is 39.3 Å². The highest BCUT2D eigenvalue weighted by Gasteiger charge is 2.07. The van der Waals surface area contributed by atoms with E-state index in [1.807, 2.05) is 30.6 Å². The second-order valence-electron chi connectivity index (χ2n) is 4.39. The lowest BCUT2D eigenvalue weighted by molar-refractivity contribution is 0.691. The molecule has 4 heteroatoms. The number of H-pyrrole nitrogens is 1. The molecule has 0 aliphatic heterocycles. The molecule has 3 rings (SSSR count). The number of fused-ring (bicyclic) bond motifs is 1. The number of benzene rings is 1. The number of rotatable bonds is 4.